The Balaban J connectivity index is 2.06. The highest BCUT2D eigenvalue weighted by molar-refractivity contribution is 7.89. The number of hydrogen-bond acceptors (Lipinski definition) is 7. The number of anilines is 1. The van der Waals surface area contributed by atoms with Crippen molar-refractivity contribution in [3.8, 4) is 0 Å². The first-order valence-corrected chi connectivity index (χ1v) is 9.53. The number of nitrogens with one attached hydrogen (secondary N) is 1. The number of rotatable bonds is 5. The molecule has 1 aromatic heterocycles. The molecule has 10 heteroatoms. The van der Waals surface area contributed by atoms with E-state index in [0.717, 1.165) is 5.01 Å². The number of esters is 1. The minimum Gasteiger partial charge on any atom is -0.448 e. The molecule has 0 bridgehead atoms. The van der Waals surface area contributed by atoms with Gasteiger partial charge in [-0.05, 0) is 39.0 Å². The van der Waals surface area contributed by atoms with Crippen molar-refractivity contribution in [3.63, 3.8) is 0 Å². The minimum absolute atomic E-state index is 0.134. The van der Waals surface area contributed by atoms with E-state index in [1.807, 2.05) is 0 Å². The average molecular weight is 383 g/mol. The highest BCUT2D eigenvalue weighted by Gasteiger charge is 2.22. The van der Waals surface area contributed by atoms with Crippen molar-refractivity contribution < 1.29 is 22.7 Å². The third-order valence-electron chi connectivity index (χ3n) is 3.17. The lowest BCUT2D eigenvalue weighted by Gasteiger charge is -2.13. The smallest absolute Gasteiger partial charge is 0.351 e. The van der Waals surface area contributed by atoms with Gasteiger partial charge in [-0.15, -0.1) is 11.3 Å². The Labute approximate surface area is 149 Å². The van der Waals surface area contributed by atoms with Crippen LogP contribution in [-0.4, -0.2) is 31.4 Å². The second-order valence-corrected chi connectivity index (χ2v) is 8.02. The van der Waals surface area contributed by atoms with E-state index in [0.29, 0.717) is 10.6 Å². The molecule has 0 saturated heterocycles. The van der Waals surface area contributed by atoms with Crippen LogP contribution in [0.25, 0.3) is 0 Å². The quantitative estimate of drug-likeness (QED) is 0.755. The number of carbonyl (C=O) groups is 2. The van der Waals surface area contributed by atoms with Gasteiger partial charge in [0.05, 0.1) is 15.6 Å². The van der Waals surface area contributed by atoms with Gasteiger partial charge >= 0.3 is 5.97 Å². The number of carbonyl (C=O) groups excluding carboxylic acids is 2. The lowest BCUT2D eigenvalue weighted by molar-refractivity contribution is -0.123. The third-order valence-corrected chi connectivity index (χ3v) is 5.14. The fraction of sp³-hybridized carbons (Fsp3) is 0.267. The first-order chi connectivity index (χ1) is 11.6. The first kappa shape index (κ1) is 19.0. The summed E-state index contributed by atoms with van der Waals surface area (Å²) in [5.41, 5.74) is 0.769. The van der Waals surface area contributed by atoms with Crippen LogP contribution in [0.15, 0.2) is 29.2 Å². The van der Waals surface area contributed by atoms with E-state index in [2.05, 4.69) is 10.3 Å². The molecule has 0 unspecified atom stereocenters. The topological polar surface area (TPSA) is 128 Å². The van der Waals surface area contributed by atoms with E-state index in [1.54, 1.807) is 13.8 Å². The van der Waals surface area contributed by atoms with Gasteiger partial charge < -0.3 is 10.1 Å². The van der Waals surface area contributed by atoms with Crippen LogP contribution < -0.4 is 10.5 Å². The molecule has 25 heavy (non-hydrogen) atoms. The van der Waals surface area contributed by atoms with Crippen molar-refractivity contribution in [1.29, 1.82) is 0 Å². The summed E-state index contributed by atoms with van der Waals surface area (Å²) in [6.45, 7) is 4.87. The Morgan fingerprint density at radius 2 is 2.00 bits per heavy atom. The summed E-state index contributed by atoms with van der Waals surface area (Å²) in [7, 11) is -3.88. The van der Waals surface area contributed by atoms with E-state index in [1.165, 1.54) is 42.5 Å². The second-order valence-electron chi connectivity index (χ2n) is 5.26. The van der Waals surface area contributed by atoms with Crippen LogP contribution in [0.2, 0.25) is 0 Å². The molecule has 0 fully saturated rings. The SMILES string of the molecule is Cc1nc(C)c(C(=O)O[C@@H](C)C(=O)Nc2cccc(S(N)(=O)=O)c2)s1. The van der Waals surface area contributed by atoms with Crippen LogP contribution in [0.3, 0.4) is 0 Å². The van der Waals surface area contributed by atoms with Crippen LogP contribution in [0.4, 0.5) is 5.69 Å². The number of thiazole rings is 1. The highest BCUT2D eigenvalue weighted by Crippen LogP contribution is 2.19. The van der Waals surface area contributed by atoms with Crippen LogP contribution in [0.5, 0.6) is 0 Å². The maximum Gasteiger partial charge on any atom is 0.351 e. The summed E-state index contributed by atoms with van der Waals surface area (Å²) in [6.07, 6.45) is -1.08. The number of nitrogens with zero attached hydrogens (tertiary/aromatic N) is 1. The van der Waals surface area contributed by atoms with Crippen LogP contribution in [-0.2, 0) is 19.6 Å². The van der Waals surface area contributed by atoms with Gasteiger partial charge in [0, 0.05) is 5.69 Å². The van der Waals surface area contributed by atoms with Crippen LogP contribution in [0, 0.1) is 13.8 Å². The summed E-state index contributed by atoms with van der Waals surface area (Å²) in [6, 6.07) is 5.47. The fourth-order valence-corrected chi connectivity index (χ4v) is 3.35. The molecule has 0 aliphatic rings. The first-order valence-electron chi connectivity index (χ1n) is 7.16. The normalized spacial score (nSPS) is 12.5. The summed E-state index contributed by atoms with van der Waals surface area (Å²) in [4.78, 5) is 28.6. The second kappa shape index (κ2) is 7.30. The molecule has 2 aromatic rings. The predicted molar refractivity (Wildman–Crippen MR) is 92.9 cm³/mol. The van der Waals surface area contributed by atoms with Gasteiger partial charge in [0.15, 0.2) is 6.10 Å². The van der Waals surface area contributed by atoms with Gasteiger partial charge in [0.1, 0.15) is 4.88 Å². The Kier molecular flexibility index (Phi) is 5.55. The molecule has 2 rings (SSSR count). The van der Waals surface area contributed by atoms with Gasteiger partial charge in [0.2, 0.25) is 10.0 Å². The molecule has 1 atom stereocenters. The minimum atomic E-state index is -3.88. The van der Waals surface area contributed by atoms with E-state index in [9.17, 15) is 18.0 Å². The Bertz CT molecular complexity index is 921. The number of sulfonamides is 1. The standard InChI is InChI=1S/C15H17N3O5S2/c1-8-13(24-10(3)17-8)15(20)23-9(2)14(19)18-11-5-4-6-12(7-11)25(16,21)22/h4-7,9H,1-3H3,(H,18,19)(H2,16,21,22)/t9-/m0/s1. The Morgan fingerprint density at radius 3 is 2.56 bits per heavy atom. The molecule has 1 amide bonds. The number of ether oxygens (including phenoxy) is 1. The van der Waals surface area contributed by atoms with Crippen molar-refractivity contribution >= 4 is 38.9 Å². The number of benzene rings is 1. The lowest BCUT2D eigenvalue weighted by atomic mass is 10.3. The van der Waals surface area contributed by atoms with E-state index >= 15 is 0 Å². The summed E-state index contributed by atoms with van der Waals surface area (Å²) >= 11 is 1.19. The Morgan fingerprint density at radius 1 is 1.32 bits per heavy atom. The van der Waals surface area contributed by atoms with Crippen molar-refractivity contribution in [2.75, 3.05) is 5.32 Å². The summed E-state index contributed by atoms with van der Waals surface area (Å²) in [5.74, 6) is -1.23. The van der Waals surface area contributed by atoms with Crippen molar-refractivity contribution in [3.05, 3.63) is 39.8 Å². The molecule has 0 aliphatic carbocycles. The molecule has 3 N–H and O–H groups in total. The predicted octanol–water partition coefficient (Wildman–Crippen LogP) is 1.59. The van der Waals surface area contributed by atoms with Gasteiger partial charge in [-0.25, -0.2) is 23.3 Å². The average Bonchev–Trinajstić information content (AvgIpc) is 2.85. The largest absolute Gasteiger partial charge is 0.448 e. The highest BCUT2D eigenvalue weighted by atomic mass is 32.2. The van der Waals surface area contributed by atoms with Crippen molar-refractivity contribution in [2.45, 2.75) is 31.8 Å². The molecule has 0 radical (unpaired) electrons. The number of aromatic nitrogens is 1. The zero-order valence-electron chi connectivity index (χ0n) is 13.8. The fourth-order valence-electron chi connectivity index (χ4n) is 1.98. The van der Waals surface area contributed by atoms with Crippen LogP contribution in [0.1, 0.15) is 27.3 Å². The van der Waals surface area contributed by atoms with E-state index < -0.39 is 28.0 Å². The molecule has 1 aromatic carbocycles. The monoisotopic (exact) mass is 383 g/mol. The zero-order chi connectivity index (χ0) is 18.8. The molecule has 134 valence electrons. The van der Waals surface area contributed by atoms with E-state index in [4.69, 9.17) is 9.88 Å². The number of primary sulfonamides is 1. The van der Waals surface area contributed by atoms with Gasteiger partial charge in [-0.1, -0.05) is 6.07 Å². The third kappa shape index (κ3) is 4.84. The summed E-state index contributed by atoms with van der Waals surface area (Å²) < 4.78 is 27.8. The van der Waals surface area contributed by atoms with Gasteiger partial charge in [0.25, 0.3) is 5.91 Å². The number of amides is 1. The number of hydrogen-bond donors (Lipinski definition) is 2. The molecular formula is C15H17N3O5S2. The zero-order valence-corrected chi connectivity index (χ0v) is 15.4. The van der Waals surface area contributed by atoms with Crippen molar-refractivity contribution in [2.24, 2.45) is 5.14 Å². The van der Waals surface area contributed by atoms with Gasteiger partial charge in [-0.2, -0.15) is 0 Å². The molecule has 0 saturated carbocycles. The van der Waals surface area contributed by atoms with Crippen molar-refractivity contribution in [1.82, 2.24) is 4.98 Å². The van der Waals surface area contributed by atoms with Crippen LogP contribution >= 0.6 is 11.3 Å². The molecule has 0 spiro atoms. The van der Waals surface area contributed by atoms with E-state index in [-0.39, 0.29) is 10.6 Å². The number of nitrogens with two attached hydrogens (primary N) is 1. The molecule has 8 nitrogen and oxygen atoms in total. The number of aryl methyl sites for hydroxylation is 2. The molecular weight excluding hydrogens is 366 g/mol. The maximum absolute atomic E-state index is 12.1. The Hall–Kier alpha value is -2.30. The summed E-state index contributed by atoms with van der Waals surface area (Å²) in [5, 5.41) is 8.25. The lowest BCUT2D eigenvalue weighted by Crippen LogP contribution is -2.30. The maximum atomic E-state index is 12.1. The molecule has 1 heterocycles. The van der Waals surface area contributed by atoms with Gasteiger partial charge in [-0.3, -0.25) is 4.79 Å². The molecule has 0 aliphatic heterocycles.